The summed E-state index contributed by atoms with van der Waals surface area (Å²) in [6.07, 6.45) is 0.590. The molecule has 2 atom stereocenters. The maximum atomic E-state index is 12.3. The average molecular weight is 302 g/mol. The van der Waals surface area contributed by atoms with E-state index in [0.717, 1.165) is 6.54 Å². The van der Waals surface area contributed by atoms with E-state index in [9.17, 15) is 4.79 Å². The van der Waals surface area contributed by atoms with Crippen LogP contribution in [0.3, 0.4) is 0 Å². The number of nitrogens with one attached hydrogen (secondary N) is 1. The van der Waals surface area contributed by atoms with Crippen LogP contribution in [-0.4, -0.2) is 32.9 Å². The van der Waals surface area contributed by atoms with Crippen molar-refractivity contribution in [1.82, 2.24) is 20.1 Å². The van der Waals surface area contributed by atoms with Gasteiger partial charge >= 0.3 is 0 Å². The Balaban J connectivity index is 1.65. The second-order valence-corrected chi connectivity index (χ2v) is 5.06. The van der Waals surface area contributed by atoms with Crippen LogP contribution >= 0.6 is 0 Å². The molecule has 0 bridgehead atoms. The van der Waals surface area contributed by atoms with Crippen molar-refractivity contribution in [2.75, 3.05) is 0 Å². The van der Waals surface area contributed by atoms with Crippen molar-refractivity contribution >= 4 is 5.91 Å². The number of ether oxygens (including phenoxy) is 2. The van der Waals surface area contributed by atoms with Crippen molar-refractivity contribution in [3.63, 3.8) is 0 Å². The molecule has 1 amide bonds. The quantitative estimate of drug-likeness (QED) is 0.916. The number of amides is 1. The number of aryl methyl sites for hydroxylation is 1. The minimum atomic E-state index is -0.687. The van der Waals surface area contributed by atoms with Gasteiger partial charge in [-0.15, -0.1) is 10.2 Å². The van der Waals surface area contributed by atoms with E-state index >= 15 is 0 Å². The fourth-order valence-electron chi connectivity index (χ4n) is 2.35. The Labute approximate surface area is 128 Å². The summed E-state index contributed by atoms with van der Waals surface area (Å²) in [6.45, 7) is 4.87. The topological polar surface area (TPSA) is 78.3 Å². The lowest BCUT2D eigenvalue weighted by molar-refractivity contribution is -0.133. The van der Waals surface area contributed by atoms with Crippen LogP contribution in [0.1, 0.15) is 19.7 Å². The van der Waals surface area contributed by atoms with Gasteiger partial charge in [-0.05, 0) is 26.0 Å². The Morgan fingerprint density at radius 1 is 1.32 bits per heavy atom. The molecule has 0 saturated carbocycles. The molecule has 0 fully saturated rings. The summed E-state index contributed by atoms with van der Waals surface area (Å²) in [4.78, 5) is 12.3. The second-order valence-electron chi connectivity index (χ2n) is 5.06. The number of benzene rings is 1. The Bertz CT molecular complexity index is 670. The van der Waals surface area contributed by atoms with Crippen molar-refractivity contribution < 1.29 is 14.3 Å². The highest BCUT2D eigenvalue weighted by Gasteiger charge is 2.33. The van der Waals surface area contributed by atoms with Crippen molar-refractivity contribution in [1.29, 1.82) is 0 Å². The molecule has 1 aromatic heterocycles. The van der Waals surface area contributed by atoms with Gasteiger partial charge in [0.25, 0.3) is 5.91 Å². The van der Waals surface area contributed by atoms with Gasteiger partial charge in [-0.2, -0.15) is 0 Å². The van der Waals surface area contributed by atoms with E-state index in [1.54, 1.807) is 12.4 Å². The van der Waals surface area contributed by atoms with Crippen molar-refractivity contribution in [2.45, 2.75) is 39.1 Å². The lowest BCUT2D eigenvalue weighted by Gasteiger charge is -2.30. The third kappa shape index (κ3) is 2.74. The number of fused-ring (bicyclic) bond motifs is 1. The maximum absolute atomic E-state index is 12.3. The first-order valence-electron chi connectivity index (χ1n) is 7.25. The normalized spacial score (nSPS) is 19.7. The van der Waals surface area contributed by atoms with E-state index in [1.807, 2.05) is 36.6 Å². The van der Waals surface area contributed by atoms with Gasteiger partial charge in [0.1, 0.15) is 12.4 Å². The summed E-state index contributed by atoms with van der Waals surface area (Å²) in [5.74, 6) is 1.72. The zero-order valence-corrected chi connectivity index (χ0v) is 12.5. The van der Waals surface area contributed by atoms with Gasteiger partial charge in [0.2, 0.25) is 6.10 Å². The van der Waals surface area contributed by atoms with E-state index in [-0.39, 0.29) is 12.0 Å². The summed E-state index contributed by atoms with van der Waals surface area (Å²) in [6, 6.07) is 7.32. The van der Waals surface area contributed by atoms with Crippen molar-refractivity contribution in [3.8, 4) is 11.5 Å². The van der Waals surface area contributed by atoms with Gasteiger partial charge in [0.05, 0.1) is 6.54 Å². The number of aromatic nitrogens is 3. The van der Waals surface area contributed by atoms with Gasteiger partial charge in [-0.25, -0.2) is 0 Å². The van der Waals surface area contributed by atoms with Crippen LogP contribution in [0.25, 0.3) is 0 Å². The van der Waals surface area contributed by atoms with Crippen LogP contribution in [0.4, 0.5) is 0 Å². The number of hydrogen-bond donors (Lipinski definition) is 1. The molecular formula is C15H18N4O3. The molecule has 116 valence electrons. The van der Waals surface area contributed by atoms with Crippen molar-refractivity contribution in [3.05, 3.63) is 36.4 Å². The van der Waals surface area contributed by atoms with E-state index in [0.29, 0.717) is 23.9 Å². The first-order chi connectivity index (χ1) is 10.7. The van der Waals surface area contributed by atoms with E-state index in [4.69, 9.17) is 9.47 Å². The molecule has 7 heteroatoms. The molecule has 0 spiro atoms. The van der Waals surface area contributed by atoms with Crippen molar-refractivity contribution in [2.24, 2.45) is 0 Å². The monoisotopic (exact) mass is 302 g/mol. The van der Waals surface area contributed by atoms with E-state index < -0.39 is 6.10 Å². The summed E-state index contributed by atoms with van der Waals surface area (Å²) < 4.78 is 13.4. The summed E-state index contributed by atoms with van der Waals surface area (Å²) in [7, 11) is 0. The van der Waals surface area contributed by atoms with Gasteiger partial charge in [0.15, 0.2) is 17.3 Å². The highest BCUT2D eigenvalue weighted by Crippen LogP contribution is 2.33. The molecular weight excluding hydrogens is 284 g/mol. The molecule has 0 unspecified atom stereocenters. The number of hydrogen-bond acceptors (Lipinski definition) is 5. The van der Waals surface area contributed by atoms with Gasteiger partial charge in [0, 0.05) is 6.54 Å². The highest BCUT2D eigenvalue weighted by atomic mass is 16.6. The SMILES string of the molecule is CCn1cnnc1CNC(=O)[C@H]1Oc2ccccc2O[C@H]1C. The number of carbonyl (C=O) groups excluding carboxylic acids is 1. The molecule has 0 aliphatic carbocycles. The van der Waals surface area contributed by atoms with Gasteiger partial charge < -0.3 is 19.4 Å². The highest BCUT2D eigenvalue weighted by molar-refractivity contribution is 5.82. The van der Waals surface area contributed by atoms with Gasteiger partial charge in [-0.1, -0.05) is 12.1 Å². The Hall–Kier alpha value is -2.57. The Morgan fingerprint density at radius 3 is 2.77 bits per heavy atom. The number of carbonyl (C=O) groups is 1. The maximum Gasteiger partial charge on any atom is 0.265 e. The number of rotatable bonds is 4. The molecule has 1 N–H and O–H groups in total. The van der Waals surface area contributed by atoms with Crippen LogP contribution in [0, 0.1) is 0 Å². The minimum Gasteiger partial charge on any atom is -0.482 e. The molecule has 1 aliphatic heterocycles. The second kappa shape index (κ2) is 6.05. The third-order valence-corrected chi connectivity index (χ3v) is 3.56. The van der Waals surface area contributed by atoms with Crippen LogP contribution < -0.4 is 14.8 Å². The molecule has 0 saturated heterocycles. The van der Waals surface area contributed by atoms with Crippen LogP contribution in [0.5, 0.6) is 11.5 Å². The molecule has 2 aromatic rings. The number of nitrogens with zero attached hydrogens (tertiary/aromatic N) is 3. The van der Waals surface area contributed by atoms with Crippen LogP contribution in [0.15, 0.2) is 30.6 Å². The molecule has 2 heterocycles. The first-order valence-corrected chi connectivity index (χ1v) is 7.25. The largest absolute Gasteiger partial charge is 0.482 e. The molecule has 1 aliphatic rings. The minimum absolute atomic E-state index is 0.229. The van der Waals surface area contributed by atoms with E-state index in [2.05, 4.69) is 15.5 Å². The summed E-state index contributed by atoms with van der Waals surface area (Å²) in [5, 5.41) is 10.6. The molecule has 3 rings (SSSR count). The zero-order valence-electron chi connectivity index (χ0n) is 12.5. The molecule has 1 aromatic carbocycles. The van der Waals surface area contributed by atoms with Crippen LogP contribution in [-0.2, 0) is 17.9 Å². The Kier molecular flexibility index (Phi) is 3.95. The summed E-state index contributed by atoms with van der Waals surface area (Å²) in [5.41, 5.74) is 0. The van der Waals surface area contributed by atoms with E-state index in [1.165, 1.54) is 0 Å². The molecule has 7 nitrogen and oxygen atoms in total. The number of para-hydroxylation sites is 2. The third-order valence-electron chi connectivity index (χ3n) is 3.56. The average Bonchev–Trinajstić information content (AvgIpc) is 2.99. The smallest absolute Gasteiger partial charge is 0.265 e. The Morgan fingerprint density at radius 2 is 2.05 bits per heavy atom. The predicted molar refractivity (Wildman–Crippen MR) is 78.5 cm³/mol. The predicted octanol–water partition coefficient (Wildman–Crippen LogP) is 1.14. The fourth-order valence-corrected chi connectivity index (χ4v) is 2.35. The fraction of sp³-hybridized carbons (Fsp3) is 0.400. The molecule has 0 radical (unpaired) electrons. The lowest BCUT2D eigenvalue weighted by Crippen LogP contribution is -2.49. The zero-order chi connectivity index (χ0) is 15.5. The lowest BCUT2D eigenvalue weighted by atomic mass is 10.1. The van der Waals surface area contributed by atoms with Crippen LogP contribution in [0.2, 0.25) is 0 Å². The standard InChI is InChI=1S/C15H18N4O3/c1-3-19-9-17-18-13(19)8-16-15(20)14-10(2)21-11-6-4-5-7-12(11)22-14/h4-7,9-10,14H,3,8H2,1-2H3,(H,16,20)/t10-,14-/m0/s1. The first kappa shape index (κ1) is 14.4. The summed E-state index contributed by atoms with van der Waals surface area (Å²) >= 11 is 0. The van der Waals surface area contributed by atoms with Gasteiger partial charge in [-0.3, -0.25) is 4.79 Å². The molecule has 22 heavy (non-hydrogen) atoms.